The summed E-state index contributed by atoms with van der Waals surface area (Å²) in [6.45, 7) is 0. The van der Waals surface area contributed by atoms with Gasteiger partial charge in [-0.2, -0.15) is 8.75 Å². The first-order valence-corrected chi connectivity index (χ1v) is 4.67. The summed E-state index contributed by atoms with van der Waals surface area (Å²) in [5.74, 6) is 0. The van der Waals surface area contributed by atoms with Crippen LogP contribution in [-0.2, 0) is 0 Å². The number of anilines is 2. The molecule has 0 unspecified atom stereocenters. The number of rotatable bonds is 2. The summed E-state index contributed by atoms with van der Waals surface area (Å²) in [4.78, 5) is 21.6. The van der Waals surface area contributed by atoms with Crippen molar-refractivity contribution in [3.63, 3.8) is 0 Å². The first-order chi connectivity index (χ1) is 7.20. The topological polar surface area (TPSA) is 112 Å². The molecule has 0 aliphatic carbocycles. The minimum Gasteiger partial charge on any atom is -0.396 e. The number of carbonyl (C=O) groups is 2. The number of hydrogen-bond donors (Lipinski definition) is 2. The zero-order chi connectivity index (χ0) is 11.0. The van der Waals surface area contributed by atoms with Gasteiger partial charge in [0.15, 0.2) is 12.6 Å². The molecule has 76 valence electrons. The molecule has 1 heterocycles. The van der Waals surface area contributed by atoms with Crippen LogP contribution in [0.15, 0.2) is 0 Å². The summed E-state index contributed by atoms with van der Waals surface area (Å²) < 4.78 is 7.81. The van der Waals surface area contributed by atoms with Gasteiger partial charge in [-0.3, -0.25) is 9.59 Å². The van der Waals surface area contributed by atoms with E-state index in [2.05, 4.69) is 8.75 Å². The number of nitrogens with two attached hydrogens (primary N) is 2. The summed E-state index contributed by atoms with van der Waals surface area (Å²) >= 11 is 0.900. The molecular formula is C8H6N4O2S. The average Bonchev–Trinajstić information content (AvgIpc) is 2.69. The molecule has 0 radical (unpaired) electrons. The SMILES string of the molecule is Nc1c(N)c(C=O)c2nsnc2c1C=O. The second kappa shape index (κ2) is 3.28. The van der Waals surface area contributed by atoms with Crippen LogP contribution in [0.5, 0.6) is 0 Å². The van der Waals surface area contributed by atoms with Crippen LogP contribution in [0.3, 0.4) is 0 Å². The second-order valence-electron chi connectivity index (χ2n) is 2.85. The van der Waals surface area contributed by atoms with Gasteiger partial charge in [-0.15, -0.1) is 0 Å². The maximum absolute atomic E-state index is 10.8. The normalized spacial score (nSPS) is 10.4. The molecule has 0 saturated heterocycles. The van der Waals surface area contributed by atoms with E-state index in [0.717, 1.165) is 11.7 Å². The van der Waals surface area contributed by atoms with E-state index in [4.69, 9.17) is 11.5 Å². The van der Waals surface area contributed by atoms with Crippen molar-refractivity contribution in [2.45, 2.75) is 0 Å². The van der Waals surface area contributed by atoms with Crippen molar-refractivity contribution in [3.8, 4) is 0 Å². The van der Waals surface area contributed by atoms with Gasteiger partial charge in [0, 0.05) is 0 Å². The lowest BCUT2D eigenvalue weighted by Gasteiger charge is -2.06. The van der Waals surface area contributed by atoms with Crippen LogP contribution in [-0.4, -0.2) is 21.3 Å². The number of benzene rings is 1. The zero-order valence-corrected chi connectivity index (χ0v) is 8.25. The first-order valence-electron chi connectivity index (χ1n) is 3.94. The van der Waals surface area contributed by atoms with Gasteiger partial charge in [-0.1, -0.05) is 0 Å². The van der Waals surface area contributed by atoms with E-state index >= 15 is 0 Å². The van der Waals surface area contributed by atoms with E-state index in [1.165, 1.54) is 0 Å². The van der Waals surface area contributed by atoms with E-state index in [-0.39, 0.29) is 22.5 Å². The fourth-order valence-corrected chi connectivity index (χ4v) is 1.90. The molecule has 0 amide bonds. The average molecular weight is 222 g/mol. The van der Waals surface area contributed by atoms with Gasteiger partial charge in [0.05, 0.1) is 34.2 Å². The Kier molecular flexibility index (Phi) is 2.09. The summed E-state index contributed by atoms with van der Waals surface area (Å²) in [6.07, 6.45) is 1.12. The molecule has 2 aromatic rings. The van der Waals surface area contributed by atoms with E-state index in [1.54, 1.807) is 0 Å². The van der Waals surface area contributed by atoms with Crippen LogP contribution in [0.25, 0.3) is 11.0 Å². The van der Waals surface area contributed by atoms with Crippen LogP contribution >= 0.6 is 11.7 Å². The maximum atomic E-state index is 10.8. The highest BCUT2D eigenvalue weighted by Gasteiger charge is 2.17. The number of nitrogens with zero attached hydrogens (tertiary/aromatic N) is 2. The van der Waals surface area contributed by atoms with Crippen LogP contribution in [0, 0.1) is 0 Å². The molecule has 6 nitrogen and oxygen atoms in total. The molecule has 0 aliphatic heterocycles. The van der Waals surface area contributed by atoms with E-state index in [9.17, 15) is 9.59 Å². The lowest BCUT2D eigenvalue weighted by atomic mass is 10.1. The molecule has 1 aromatic carbocycles. The fourth-order valence-electron chi connectivity index (χ4n) is 1.33. The van der Waals surface area contributed by atoms with Gasteiger partial charge in [0.1, 0.15) is 11.0 Å². The first kappa shape index (κ1) is 9.53. The van der Waals surface area contributed by atoms with Crippen LogP contribution in [0.2, 0.25) is 0 Å². The molecular weight excluding hydrogens is 216 g/mol. The minimum atomic E-state index is 0.0762. The highest BCUT2D eigenvalue weighted by atomic mass is 32.1. The Hall–Kier alpha value is -2.02. The number of hydrogen-bond acceptors (Lipinski definition) is 7. The number of aldehydes is 2. The lowest BCUT2D eigenvalue weighted by molar-refractivity contribution is 0.111. The van der Waals surface area contributed by atoms with Crippen molar-refractivity contribution in [1.29, 1.82) is 0 Å². The predicted molar refractivity (Wildman–Crippen MR) is 57.0 cm³/mol. The van der Waals surface area contributed by atoms with Crippen LogP contribution in [0.4, 0.5) is 11.4 Å². The predicted octanol–water partition coefficient (Wildman–Crippen LogP) is 0.481. The molecule has 0 atom stereocenters. The third kappa shape index (κ3) is 1.17. The van der Waals surface area contributed by atoms with Crippen molar-refractivity contribution in [2.24, 2.45) is 0 Å². The lowest BCUT2D eigenvalue weighted by Crippen LogP contribution is -2.04. The minimum absolute atomic E-state index is 0.0762. The Bertz CT molecular complexity index is 515. The summed E-state index contributed by atoms with van der Waals surface area (Å²) in [5.41, 5.74) is 12.4. The molecule has 0 spiro atoms. The Balaban J connectivity index is 3.03. The summed E-state index contributed by atoms with van der Waals surface area (Å²) in [7, 11) is 0. The van der Waals surface area contributed by atoms with E-state index in [1.807, 2.05) is 0 Å². The number of aromatic nitrogens is 2. The number of carbonyl (C=O) groups excluding carboxylic acids is 2. The standard InChI is InChI=1S/C8H6N4O2S/c9-5-3(1-13)7-8(12-15-11-7)4(2-14)6(5)10/h1-2H,9-10H2. The van der Waals surface area contributed by atoms with Crippen molar-refractivity contribution >= 4 is 46.7 Å². The molecule has 7 heteroatoms. The van der Waals surface area contributed by atoms with Gasteiger partial charge in [0.2, 0.25) is 0 Å². The fraction of sp³-hybridized carbons (Fsp3) is 0. The molecule has 0 fully saturated rings. The van der Waals surface area contributed by atoms with Gasteiger partial charge < -0.3 is 11.5 Å². The van der Waals surface area contributed by atoms with Gasteiger partial charge >= 0.3 is 0 Å². The van der Waals surface area contributed by atoms with E-state index < -0.39 is 0 Å². The van der Waals surface area contributed by atoms with Crippen molar-refractivity contribution in [1.82, 2.24) is 8.75 Å². The maximum Gasteiger partial charge on any atom is 0.154 e. The Morgan fingerprint density at radius 3 is 1.67 bits per heavy atom. The van der Waals surface area contributed by atoms with E-state index in [0.29, 0.717) is 23.6 Å². The Morgan fingerprint density at radius 1 is 0.933 bits per heavy atom. The third-order valence-corrected chi connectivity index (χ3v) is 2.63. The molecule has 1 aromatic heterocycles. The summed E-state index contributed by atoms with van der Waals surface area (Å²) in [5, 5.41) is 0. The van der Waals surface area contributed by atoms with Crippen LogP contribution in [0.1, 0.15) is 20.7 Å². The van der Waals surface area contributed by atoms with Crippen molar-refractivity contribution in [2.75, 3.05) is 11.5 Å². The van der Waals surface area contributed by atoms with Gasteiger partial charge in [-0.25, -0.2) is 0 Å². The molecule has 0 aliphatic rings. The molecule has 0 bridgehead atoms. The largest absolute Gasteiger partial charge is 0.396 e. The molecule has 0 saturated carbocycles. The van der Waals surface area contributed by atoms with Crippen LogP contribution < -0.4 is 11.5 Å². The smallest absolute Gasteiger partial charge is 0.154 e. The molecule has 4 N–H and O–H groups in total. The van der Waals surface area contributed by atoms with Crippen molar-refractivity contribution in [3.05, 3.63) is 11.1 Å². The highest BCUT2D eigenvalue weighted by molar-refractivity contribution is 7.00. The Morgan fingerprint density at radius 2 is 1.33 bits per heavy atom. The monoisotopic (exact) mass is 222 g/mol. The Labute approximate surface area is 88.2 Å². The van der Waals surface area contributed by atoms with Crippen molar-refractivity contribution < 1.29 is 9.59 Å². The second-order valence-corrected chi connectivity index (χ2v) is 3.38. The highest BCUT2D eigenvalue weighted by Crippen LogP contribution is 2.31. The molecule has 2 rings (SSSR count). The summed E-state index contributed by atoms with van der Waals surface area (Å²) in [6, 6.07) is 0. The quantitative estimate of drug-likeness (QED) is 0.564. The number of fused-ring (bicyclic) bond motifs is 1. The van der Waals surface area contributed by atoms with Gasteiger partial charge in [-0.05, 0) is 0 Å². The van der Waals surface area contributed by atoms with Gasteiger partial charge in [0.25, 0.3) is 0 Å². The molecule has 15 heavy (non-hydrogen) atoms. The number of nitrogen functional groups attached to an aromatic ring is 2. The third-order valence-electron chi connectivity index (χ3n) is 2.10. The zero-order valence-electron chi connectivity index (χ0n) is 7.43.